The number of aromatic nitrogens is 1. The van der Waals surface area contributed by atoms with Gasteiger partial charge in [-0.05, 0) is 49.8 Å². The highest BCUT2D eigenvalue weighted by atomic mass is 16.2. The van der Waals surface area contributed by atoms with Crippen LogP contribution in [0.25, 0.3) is 0 Å². The molecule has 0 aromatic carbocycles. The fourth-order valence-corrected chi connectivity index (χ4v) is 3.52. The first-order chi connectivity index (χ1) is 10.7. The standard InChI is InChI=1S/C18H27N3O/c1-3-14-12-21(18(22)16-4-5-16)11-8-17(14)20-13(2)15-6-9-19-10-7-15/h6-7,9-10,13-14,16-17,20H,3-5,8,11-12H2,1-2H3/t13-,14-,17-/m1/s1. The molecule has 1 aliphatic heterocycles. The Hall–Kier alpha value is -1.42. The molecule has 1 aliphatic carbocycles. The van der Waals surface area contributed by atoms with Crippen molar-refractivity contribution in [1.29, 1.82) is 0 Å². The topological polar surface area (TPSA) is 45.2 Å². The lowest BCUT2D eigenvalue weighted by Crippen LogP contribution is -2.51. The van der Waals surface area contributed by atoms with Crippen LogP contribution in [0.5, 0.6) is 0 Å². The van der Waals surface area contributed by atoms with E-state index in [1.54, 1.807) is 0 Å². The van der Waals surface area contributed by atoms with Crippen LogP contribution >= 0.6 is 0 Å². The predicted molar refractivity (Wildman–Crippen MR) is 87.3 cm³/mol. The average molecular weight is 301 g/mol. The molecule has 3 rings (SSSR count). The molecule has 2 heterocycles. The Kier molecular flexibility index (Phi) is 4.77. The van der Waals surface area contributed by atoms with E-state index in [-0.39, 0.29) is 0 Å². The van der Waals surface area contributed by atoms with Crippen molar-refractivity contribution >= 4 is 5.91 Å². The van der Waals surface area contributed by atoms with E-state index >= 15 is 0 Å². The molecule has 2 aliphatic rings. The van der Waals surface area contributed by atoms with E-state index in [0.717, 1.165) is 38.8 Å². The first kappa shape index (κ1) is 15.5. The zero-order valence-electron chi connectivity index (χ0n) is 13.7. The van der Waals surface area contributed by atoms with Gasteiger partial charge in [-0.25, -0.2) is 0 Å². The Morgan fingerprint density at radius 3 is 2.73 bits per heavy atom. The van der Waals surface area contributed by atoms with Gasteiger partial charge in [-0.2, -0.15) is 0 Å². The lowest BCUT2D eigenvalue weighted by atomic mass is 9.88. The summed E-state index contributed by atoms with van der Waals surface area (Å²) in [4.78, 5) is 18.5. The van der Waals surface area contributed by atoms with Crippen molar-refractivity contribution in [3.8, 4) is 0 Å². The van der Waals surface area contributed by atoms with Gasteiger partial charge in [-0.15, -0.1) is 0 Å². The summed E-state index contributed by atoms with van der Waals surface area (Å²) in [7, 11) is 0. The molecule has 1 saturated carbocycles. The summed E-state index contributed by atoms with van der Waals surface area (Å²) >= 11 is 0. The fraction of sp³-hybridized carbons (Fsp3) is 0.667. The summed E-state index contributed by atoms with van der Waals surface area (Å²) in [5.74, 6) is 1.30. The highest BCUT2D eigenvalue weighted by molar-refractivity contribution is 5.81. The summed E-state index contributed by atoms with van der Waals surface area (Å²) in [6.45, 7) is 6.28. The average Bonchev–Trinajstić information content (AvgIpc) is 3.40. The highest BCUT2D eigenvalue weighted by Crippen LogP contribution is 2.33. The molecule has 4 nitrogen and oxygen atoms in total. The second-order valence-electron chi connectivity index (χ2n) is 6.79. The maximum atomic E-state index is 12.3. The minimum Gasteiger partial charge on any atom is -0.342 e. The van der Waals surface area contributed by atoms with E-state index in [2.05, 4.69) is 41.2 Å². The van der Waals surface area contributed by atoms with Crippen molar-refractivity contribution in [2.45, 2.75) is 51.6 Å². The largest absolute Gasteiger partial charge is 0.342 e. The minimum absolute atomic E-state index is 0.327. The SMILES string of the molecule is CC[C@@H]1CN(C(=O)C2CC2)CC[C@H]1N[C@H](C)c1ccncc1. The summed E-state index contributed by atoms with van der Waals surface area (Å²) in [5.41, 5.74) is 1.28. The van der Waals surface area contributed by atoms with Gasteiger partial charge in [0.2, 0.25) is 5.91 Å². The molecule has 1 amide bonds. The summed E-state index contributed by atoms with van der Waals surface area (Å²) in [6.07, 6.45) is 8.09. The smallest absolute Gasteiger partial charge is 0.225 e. The molecule has 0 radical (unpaired) electrons. The molecule has 2 fully saturated rings. The molecule has 3 atom stereocenters. The van der Waals surface area contributed by atoms with Gasteiger partial charge >= 0.3 is 0 Å². The van der Waals surface area contributed by atoms with Crippen molar-refractivity contribution in [2.24, 2.45) is 11.8 Å². The van der Waals surface area contributed by atoms with Gasteiger partial charge in [0.15, 0.2) is 0 Å². The van der Waals surface area contributed by atoms with Gasteiger partial charge < -0.3 is 10.2 Å². The molecule has 1 N–H and O–H groups in total. The third kappa shape index (κ3) is 3.49. The van der Waals surface area contributed by atoms with Crippen LogP contribution in [0.1, 0.15) is 51.1 Å². The number of nitrogens with zero attached hydrogens (tertiary/aromatic N) is 2. The van der Waals surface area contributed by atoms with E-state index in [0.29, 0.717) is 29.8 Å². The zero-order valence-corrected chi connectivity index (χ0v) is 13.7. The molecule has 1 aromatic rings. The highest BCUT2D eigenvalue weighted by Gasteiger charge is 2.37. The van der Waals surface area contributed by atoms with Crippen molar-refractivity contribution in [2.75, 3.05) is 13.1 Å². The van der Waals surface area contributed by atoms with E-state index in [1.807, 2.05) is 12.4 Å². The molecule has 0 spiro atoms. The van der Waals surface area contributed by atoms with Crippen LogP contribution in [0, 0.1) is 11.8 Å². The zero-order chi connectivity index (χ0) is 15.5. The van der Waals surface area contributed by atoms with E-state index in [9.17, 15) is 4.79 Å². The van der Waals surface area contributed by atoms with Gasteiger partial charge in [-0.3, -0.25) is 9.78 Å². The van der Waals surface area contributed by atoms with Crippen LogP contribution in [0.2, 0.25) is 0 Å². The number of piperidine rings is 1. The molecule has 1 aromatic heterocycles. The quantitative estimate of drug-likeness (QED) is 0.909. The number of nitrogens with one attached hydrogen (secondary N) is 1. The van der Waals surface area contributed by atoms with Gasteiger partial charge in [0.1, 0.15) is 0 Å². The van der Waals surface area contributed by atoms with Gasteiger partial charge in [0, 0.05) is 43.5 Å². The Labute approximate surface area is 133 Å². The van der Waals surface area contributed by atoms with Crippen LogP contribution in [-0.4, -0.2) is 34.9 Å². The Morgan fingerprint density at radius 2 is 2.09 bits per heavy atom. The normalized spacial score (nSPS) is 26.7. The number of hydrogen-bond acceptors (Lipinski definition) is 3. The molecule has 0 unspecified atom stereocenters. The van der Waals surface area contributed by atoms with Gasteiger partial charge in [0.25, 0.3) is 0 Å². The Bertz CT molecular complexity index is 500. The predicted octanol–water partition coefficient (Wildman–Crippen LogP) is 2.77. The lowest BCUT2D eigenvalue weighted by Gasteiger charge is -2.40. The fourth-order valence-electron chi connectivity index (χ4n) is 3.52. The first-order valence-electron chi connectivity index (χ1n) is 8.63. The molecule has 22 heavy (non-hydrogen) atoms. The number of likely N-dealkylation sites (tertiary alicyclic amines) is 1. The minimum atomic E-state index is 0.327. The lowest BCUT2D eigenvalue weighted by molar-refractivity contribution is -0.134. The van der Waals surface area contributed by atoms with Crippen LogP contribution in [0.15, 0.2) is 24.5 Å². The van der Waals surface area contributed by atoms with Crippen LogP contribution < -0.4 is 5.32 Å². The summed E-state index contributed by atoms with van der Waals surface area (Å²) in [6, 6.07) is 4.97. The maximum absolute atomic E-state index is 12.3. The van der Waals surface area contributed by atoms with Crippen molar-refractivity contribution in [1.82, 2.24) is 15.2 Å². The maximum Gasteiger partial charge on any atom is 0.225 e. The van der Waals surface area contributed by atoms with E-state index < -0.39 is 0 Å². The van der Waals surface area contributed by atoms with Crippen molar-refractivity contribution in [3.63, 3.8) is 0 Å². The second-order valence-corrected chi connectivity index (χ2v) is 6.79. The van der Waals surface area contributed by atoms with Crippen LogP contribution in [-0.2, 0) is 4.79 Å². The number of rotatable bonds is 5. The third-order valence-electron chi connectivity index (χ3n) is 5.17. The second kappa shape index (κ2) is 6.78. The first-order valence-corrected chi connectivity index (χ1v) is 8.63. The number of pyridine rings is 1. The molecular weight excluding hydrogens is 274 g/mol. The third-order valence-corrected chi connectivity index (χ3v) is 5.17. The summed E-state index contributed by atoms with van der Waals surface area (Å²) < 4.78 is 0. The van der Waals surface area contributed by atoms with E-state index in [1.165, 1.54) is 5.56 Å². The van der Waals surface area contributed by atoms with Crippen molar-refractivity contribution in [3.05, 3.63) is 30.1 Å². The van der Waals surface area contributed by atoms with Gasteiger partial charge in [-0.1, -0.05) is 13.3 Å². The summed E-state index contributed by atoms with van der Waals surface area (Å²) in [5, 5.41) is 3.77. The Balaban J connectivity index is 1.58. The Morgan fingerprint density at radius 1 is 1.36 bits per heavy atom. The van der Waals surface area contributed by atoms with Crippen molar-refractivity contribution < 1.29 is 4.79 Å². The van der Waals surface area contributed by atoms with Crippen LogP contribution in [0.3, 0.4) is 0 Å². The van der Waals surface area contributed by atoms with Crippen LogP contribution in [0.4, 0.5) is 0 Å². The number of carbonyl (C=O) groups is 1. The molecule has 4 heteroatoms. The molecule has 1 saturated heterocycles. The molecule has 120 valence electrons. The number of carbonyl (C=O) groups excluding carboxylic acids is 1. The van der Waals surface area contributed by atoms with E-state index in [4.69, 9.17) is 0 Å². The number of hydrogen-bond donors (Lipinski definition) is 1. The van der Waals surface area contributed by atoms with Gasteiger partial charge in [0.05, 0.1) is 0 Å². The monoisotopic (exact) mass is 301 g/mol. The molecule has 0 bridgehead atoms. The number of amides is 1. The molecular formula is C18H27N3O.